The van der Waals surface area contributed by atoms with Crippen molar-refractivity contribution in [3.05, 3.63) is 29.3 Å². The van der Waals surface area contributed by atoms with Crippen LogP contribution in [0.4, 0.5) is 0 Å². The summed E-state index contributed by atoms with van der Waals surface area (Å²) >= 11 is 0. The van der Waals surface area contributed by atoms with Gasteiger partial charge in [0.15, 0.2) is 0 Å². The van der Waals surface area contributed by atoms with Crippen LogP contribution in [-0.4, -0.2) is 37.7 Å². The Morgan fingerprint density at radius 2 is 2.05 bits per heavy atom. The summed E-state index contributed by atoms with van der Waals surface area (Å²) in [7, 11) is 1.69. The Kier molecular flexibility index (Phi) is 7.96. The van der Waals surface area contributed by atoms with E-state index in [1.165, 1.54) is 11.1 Å². The monoisotopic (exact) mass is 307 g/mol. The number of carbonyl (C=O) groups is 1. The minimum absolute atomic E-state index is 0.105. The quantitative estimate of drug-likeness (QED) is 0.652. The Balaban J connectivity index is 2.64. The van der Waals surface area contributed by atoms with E-state index < -0.39 is 0 Å². The first-order valence-corrected chi connectivity index (χ1v) is 8.07. The highest BCUT2D eigenvalue weighted by molar-refractivity contribution is 5.69. The summed E-state index contributed by atoms with van der Waals surface area (Å²) < 4.78 is 10.2. The van der Waals surface area contributed by atoms with Gasteiger partial charge in [0.1, 0.15) is 5.75 Å². The van der Waals surface area contributed by atoms with Crippen molar-refractivity contribution in [1.82, 2.24) is 4.90 Å². The summed E-state index contributed by atoms with van der Waals surface area (Å²) in [5.41, 5.74) is 2.54. The van der Waals surface area contributed by atoms with Gasteiger partial charge < -0.3 is 9.47 Å². The van der Waals surface area contributed by atoms with Crippen LogP contribution >= 0.6 is 0 Å². The molecule has 0 aliphatic carbocycles. The van der Waals surface area contributed by atoms with Crippen LogP contribution in [0.15, 0.2) is 18.2 Å². The van der Waals surface area contributed by atoms with Crippen molar-refractivity contribution in [2.24, 2.45) is 0 Å². The summed E-state index contributed by atoms with van der Waals surface area (Å²) in [6, 6.07) is 6.52. The summed E-state index contributed by atoms with van der Waals surface area (Å²) in [5.74, 6) is 0.783. The van der Waals surface area contributed by atoms with Crippen LogP contribution in [0.5, 0.6) is 5.75 Å². The van der Waals surface area contributed by atoms with E-state index in [0.29, 0.717) is 19.1 Å². The highest BCUT2D eigenvalue weighted by atomic mass is 16.5. The lowest BCUT2D eigenvalue weighted by molar-refractivity contribution is -0.143. The molecule has 0 aliphatic rings. The van der Waals surface area contributed by atoms with Crippen LogP contribution in [0.1, 0.15) is 50.8 Å². The summed E-state index contributed by atoms with van der Waals surface area (Å²) in [4.78, 5) is 13.8. The molecule has 1 aromatic carbocycles. The van der Waals surface area contributed by atoms with E-state index >= 15 is 0 Å². The molecule has 0 amide bonds. The Bertz CT molecular complexity index is 473. The molecule has 1 aromatic rings. The summed E-state index contributed by atoms with van der Waals surface area (Å²) in [6.07, 6.45) is 1.31. The van der Waals surface area contributed by atoms with Crippen molar-refractivity contribution in [3.8, 4) is 5.75 Å². The van der Waals surface area contributed by atoms with Gasteiger partial charge in [0, 0.05) is 12.5 Å². The Labute approximate surface area is 134 Å². The average molecular weight is 307 g/mol. The number of nitrogens with zero attached hydrogens (tertiary/aromatic N) is 1. The van der Waals surface area contributed by atoms with Gasteiger partial charge in [0.2, 0.25) is 0 Å². The van der Waals surface area contributed by atoms with Crippen LogP contribution in [0.3, 0.4) is 0 Å². The van der Waals surface area contributed by atoms with Gasteiger partial charge in [-0.1, -0.05) is 13.0 Å². The lowest BCUT2D eigenvalue weighted by atomic mass is 10.0. The zero-order chi connectivity index (χ0) is 16.5. The number of aryl methyl sites for hydroxylation is 1. The van der Waals surface area contributed by atoms with Gasteiger partial charge >= 0.3 is 5.97 Å². The molecule has 1 atom stereocenters. The van der Waals surface area contributed by atoms with E-state index in [1.54, 1.807) is 7.11 Å². The van der Waals surface area contributed by atoms with Gasteiger partial charge in [-0.25, -0.2) is 0 Å². The van der Waals surface area contributed by atoms with Crippen molar-refractivity contribution in [2.75, 3.05) is 26.8 Å². The van der Waals surface area contributed by atoms with Crippen molar-refractivity contribution in [3.63, 3.8) is 0 Å². The molecule has 0 fully saturated rings. The summed E-state index contributed by atoms with van der Waals surface area (Å²) in [5, 5.41) is 0. The molecule has 0 saturated heterocycles. The molecule has 0 N–H and O–H groups in total. The predicted molar refractivity (Wildman–Crippen MR) is 89.3 cm³/mol. The molecule has 0 aromatic heterocycles. The van der Waals surface area contributed by atoms with Crippen molar-refractivity contribution in [1.29, 1.82) is 0 Å². The van der Waals surface area contributed by atoms with Gasteiger partial charge in [-0.2, -0.15) is 0 Å². The third-order valence-electron chi connectivity index (χ3n) is 4.01. The van der Waals surface area contributed by atoms with Crippen LogP contribution in [0, 0.1) is 6.92 Å². The molecule has 0 spiro atoms. The van der Waals surface area contributed by atoms with E-state index in [1.807, 2.05) is 13.0 Å². The number of esters is 1. The molecule has 1 unspecified atom stereocenters. The number of carbonyl (C=O) groups excluding carboxylic acids is 1. The van der Waals surface area contributed by atoms with Crippen molar-refractivity contribution >= 4 is 5.97 Å². The maximum absolute atomic E-state index is 11.4. The minimum atomic E-state index is -0.105. The second kappa shape index (κ2) is 9.46. The second-order valence-electron chi connectivity index (χ2n) is 5.44. The average Bonchev–Trinajstić information content (AvgIpc) is 2.51. The molecule has 22 heavy (non-hydrogen) atoms. The van der Waals surface area contributed by atoms with Crippen LogP contribution in [0.25, 0.3) is 0 Å². The zero-order valence-electron chi connectivity index (χ0n) is 14.5. The first kappa shape index (κ1) is 18.5. The molecule has 0 radical (unpaired) electrons. The van der Waals surface area contributed by atoms with Gasteiger partial charge in [-0.15, -0.1) is 0 Å². The van der Waals surface area contributed by atoms with Crippen molar-refractivity contribution < 1.29 is 14.3 Å². The Hall–Kier alpha value is -1.55. The van der Waals surface area contributed by atoms with E-state index in [9.17, 15) is 4.79 Å². The largest absolute Gasteiger partial charge is 0.497 e. The first-order valence-electron chi connectivity index (χ1n) is 8.07. The van der Waals surface area contributed by atoms with Crippen molar-refractivity contribution in [2.45, 2.75) is 46.6 Å². The molecular formula is C18H29NO3. The number of methoxy groups -OCH3 is 1. The maximum Gasteiger partial charge on any atom is 0.305 e. The topological polar surface area (TPSA) is 38.8 Å². The first-order chi connectivity index (χ1) is 10.5. The normalized spacial score (nSPS) is 12.3. The maximum atomic E-state index is 11.4. The number of hydrogen-bond donors (Lipinski definition) is 0. The zero-order valence-corrected chi connectivity index (χ0v) is 14.5. The number of hydrogen-bond acceptors (Lipinski definition) is 4. The van der Waals surface area contributed by atoms with E-state index in [-0.39, 0.29) is 5.97 Å². The van der Waals surface area contributed by atoms with Gasteiger partial charge in [-0.3, -0.25) is 9.69 Å². The van der Waals surface area contributed by atoms with Gasteiger partial charge in [0.25, 0.3) is 0 Å². The van der Waals surface area contributed by atoms with E-state index in [4.69, 9.17) is 9.47 Å². The molecule has 0 bridgehead atoms. The third-order valence-corrected chi connectivity index (χ3v) is 4.01. The number of ether oxygens (including phenoxy) is 2. The summed E-state index contributed by atoms with van der Waals surface area (Å²) in [6.45, 7) is 10.6. The molecule has 0 saturated carbocycles. The fourth-order valence-corrected chi connectivity index (χ4v) is 2.73. The molecule has 124 valence electrons. The standard InChI is InChI=1S/C18H29NO3/c1-6-19(12-8-9-18(20)22-7-2)15(4)17-11-10-16(21-5)13-14(17)3/h10-11,13,15H,6-9,12H2,1-5H3. The smallest absolute Gasteiger partial charge is 0.305 e. The van der Waals surface area contributed by atoms with Crippen LogP contribution in [-0.2, 0) is 9.53 Å². The fraction of sp³-hybridized carbons (Fsp3) is 0.611. The number of benzene rings is 1. The second-order valence-corrected chi connectivity index (χ2v) is 5.44. The highest BCUT2D eigenvalue weighted by Gasteiger charge is 2.16. The lowest BCUT2D eigenvalue weighted by Crippen LogP contribution is -2.28. The minimum Gasteiger partial charge on any atom is -0.497 e. The van der Waals surface area contributed by atoms with Crippen LogP contribution in [0.2, 0.25) is 0 Å². The molecule has 4 nitrogen and oxygen atoms in total. The third kappa shape index (κ3) is 5.34. The van der Waals surface area contributed by atoms with E-state index in [2.05, 4.69) is 37.8 Å². The SMILES string of the molecule is CCOC(=O)CCCN(CC)C(C)c1ccc(OC)cc1C. The lowest BCUT2D eigenvalue weighted by Gasteiger charge is -2.29. The van der Waals surface area contributed by atoms with Gasteiger partial charge in [0.05, 0.1) is 13.7 Å². The predicted octanol–water partition coefficient (Wildman–Crippen LogP) is 3.73. The van der Waals surface area contributed by atoms with E-state index in [0.717, 1.165) is 25.3 Å². The highest BCUT2D eigenvalue weighted by Crippen LogP contribution is 2.26. The fourth-order valence-electron chi connectivity index (χ4n) is 2.73. The molecule has 4 heteroatoms. The molecular weight excluding hydrogens is 278 g/mol. The Morgan fingerprint density at radius 1 is 1.32 bits per heavy atom. The van der Waals surface area contributed by atoms with Gasteiger partial charge in [-0.05, 0) is 63.5 Å². The number of rotatable bonds is 9. The van der Waals surface area contributed by atoms with Crippen LogP contribution < -0.4 is 4.74 Å². The molecule has 0 aliphatic heterocycles. The molecule has 0 heterocycles. The Morgan fingerprint density at radius 3 is 2.59 bits per heavy atom. The molecule has 1 rings (SSSR count).